The summed E-state index contributed by atoms with van der Waals surface area (Å²) in [6.45, 7) is 1.43. The van der Waals surface area contributed by atoms with Crippen LogP contribution in [0.1, 0.15) is 23.2 Å². The molecule has 126 valence electrons. The number of benzene rings is 2. The maximum Gasteiger partial charge on any atom is 0.252 e. The number of piperidine rings is 1. The van der Waals surface area contributed by atoms with Gasteiger partial charge in [0, 0.05) is 31.8 Å². The fourth-order valence-corrected chi connectivity index (χ4v) is 3.17. The molecule has 2 aromatic carbocycles. The van der Waals surface area contributed by atoms with Crippen molar-refractivity contribution in [2.75, 3.05) is 26.8 Å². The van der Waals surface area contributed by atoms with Crippen molar-refractivity contribution in [2.24, 2.45) is 0 Å². The molecule has 1 N–H and O–H groups in total. The van der Waals surface area contributed by atoms with Gasteiger partial charge >= 0.3 is 0 Å². The largest absolute Gasteiger partial charge is 0.375 e. The lowest BCUT2D eigenvalue weighted by Crippen LogP contribution is -2.47. The van der Waals surface area contributed by atoms with Gasteiger partial charge in [0.2, 0.25) is 5.91 Å². The molecular weight excluding hydrogens is 304 g/mol. The highest BCUT2D eigenvalue weighted by atomic mass is 16.5. The van der Waals surface area contributed by atoms with Crippen LogP contribution in [-0.2, 0) is 9.53 Å². The minimum Gasteiger partial charge on any atom is -0.375 e. The molecule has 24 heavy (non-hydrogen) atoms. The molecule has 1 aliphatic rings. The van der Waals surface area contributed by atoms with Gasteiger partial charge in [-0.1, -0.05) is 36.4 Å². The van der Waals surface area contributed by atoms with E-state index in [4.69, 9.17) is 4.74 Å². The molecule has 5 heteroatoms. The number of ether oxygens (including phenoxy) is 1. The quantitative estimate of drug-likeness (QED) is 0.937. The van der Waals surface area contributed by atoms with E-state index in [2.05, 4.69) is 5.32 Å². The number of nitrogens with one attached hydrogen (secondary N) is 1. The number of fused-ring (bicyclic) bond motifs is 1. The molecule has 1 heterocycles. The molecule has 2 aromatic rings. The molecule has 0 saturated carbocycles. The van der Waals surface area contributed by atoms with Gasteiger partial charge in [-0.15, -0.1) is 0 Å². The molecule has 1 saturated heterocycles. The minimum absolute atomic E-state index is 0.0105. The first kappa shape index (κ1) is 16.5. The van der Waals surface area contributed by atoms with Crippen molar-refractivity contribution in [1.82, 2.24) is 10.2 Å². The highest BCUT2D eigenvalue weighted by Gasteiger charge is 2.24. The van der Waals surface area contributed by atoms with Gasteiger partial charge in [-0.3, -0.25) is 9.59 Å². The zero-order valence-electron chi connectivity index (χ0n) is 13.8. The van der Waals surface area contributed by atoms with Crippen molar-refractivity contribution in [3.8, 4) is 0 Å². The van der Waals surface area contributed by atoms with Gasteiger partial charge in [0.25, 0.3) is 5.91 Å². The average molecular weight is 326 g/mol. The van der Waals surface area contributed by atoms with Gasteiger partial charge in [0.15, 0.2) is 0 Å². The van der Waals surface area contributed by atoms with Crippen molar-refractivity contribution in [1.29, 1.82) is 0 Å². The Bertz CT molecular complexity index is 731. The predicted octanol–water partition coefficient (Wildman–Crippen LogP) is 2.21. The fraction of sp³-hybridized carbons (Fsp3) is 0.368. The van der Waals surface area contributed by atoms with E-state index in [-0.39, 0.29) is 24.5 Å². The van der Waals surface area contributed by atoms with Crippen LogP contribution in [0.2, 0.25) is 0 Å². The van der Waals surface area contributed by atoms with E-state index in [9.17, 15) is 9.59 Å². The SMILES string of the molecule is COCC(=O)N1CCC(NC(=O)c2cccc3ccccc23)CC1. The van der Waals surface area contributed by atoms with Gasteiger partial charge in [0.1, 0.15) is 6.61 Å². The van der Waals surface area contributed by atoms with Crippen LogP contribution in [0.3, 0.4) is 0 Å². The molecule has 1 fully saturated rings. The Hall–Kier alpha value is -2.40. The van der Waals surface area contributed by atoms with E-state index in [1.54, 1.807) is 4.90 Å². The van der Waals surface area contributed by atoms with Crippen molar-refractivity contribution >= 4 is 22.6 Å². The number of likely N-dealkylation sites (tertiary alicyclic amines) is 1. The van der Waals surface area contributed by atoms with Crippen LogP contribution >= 0.6 is 0 Å². The first-order valence-electron chi connectivity index (χ1n) is 8.24. The van der Waals surface area contributed by atoms with Gasteiger partial charge in [0.05, 0.1) is 0 Å². The molecule has 0 unspecified atom stereocenters. The van der Waals surface area contributed by atoms with E-state index in [1.165, 1.54) is 7.11 Å². The van der Waals surface area contributed by atoms with E-state index in [0.29, 0.717) is 18.7 Å². The number of amides is 2. The molecule has 1 aliphatic heterocycles. The second-order valence-corrected chi connectivity index (χ2v) is 6.09. The molecule has 3 rings (SSSR count). The second-order valence-electron chi connectivity index (χ2n) is 6.09. The van der Waals surface area contributed by atoms with E-state index in [0.717, 1.165) is 23.6 Å². The lowest BCUT2D eigenvalue weighted by atomic mass is 10.0. The van der Waals surface area contributed by atoms with E-state index < -0.39 is 0 Å². The summed E-state index contributed by atoms with van der Waals surface area (Å²) in [5.74, 6) is -0.0372. The molecule has 0 atom stereocenters. The van der Waals surface area contributed by atoms with Crippen LogP contribution in [0, 0.1) is 0 Å². The molecule has 0 bridgehead atoms. The standard InChI is InChI=1S/C19H22N2O3/c1-24-13-18(22)21-11-9-15(10-12-21)20-19(23)17-8-4-6-14-5-2-3-7-16(14)17/h2-8,15H,9-13H2,1H3,(H,20,23). The molecule has 5 nitrogen and oxygen atoms in total. The summed E-state index contributed by atoms with van der Waals surface area (Å²) in [7, 11) is 1.52. The van der Waals surface area contributed by atoms with Crippen molar-refractivity contribution in [2.45, 2.75) is 18.9 Å². The van der Waals surface area contributed by atoms with Crippen LogP contribution < -0.4 is 5.32 Å². The van der Waals surface area contributed by atoms with Crippen molar-refractivity contribution < 1.29 is 14.3 Å². The maximum atomic E-state index is 12.6. The van der Waals surface area contributed by atoms with E-state index >= 15 is 0 Å². The normalized spacial score (nSPS) is 15.5. The monoisotopic (exact) mass is 326 g/mol. The summed E-state index contributed by atoms with van der Waals surface area (Å²) in [6.07, 6.45) is 1.54. The Morgan fingerprint density at radius 2 is 1.83 bits per heavy atom. The first-order chi connectivity index (χ1) is 11.7. The number of carbonyl (C=O) groups is 2. The zero-order chi connectivity index (χ0) is 16.9. The summed E-state index contributed by atoms with van der Waals surface area (Å²) in [6, 6.07) is 13.8. The minimum atomic E-state index is -0.0477. The number of carbonyl (C=O) groups excluding carboxylic acids is 2. The maximum absolute atomic E-state index is 12.6. The van der Waals surface area contributed by atoms with Crippen LogP contribution in [0.4, 0.5) is 0 Å². The number of rotatable bonds is 4. The average Bonchev–Trinajstić information content (AvgIpc) is 2.62. The Kier molecular flexibility index (Phi) is 5.11. The molecule has 0 aliphatic carbocycles. The van der Waals surface area contributed by atoms with Crippen molar-refractivity contribution in [3.63, 3.8) is 0 Å². The Morgan fingerprint density at radius 3 is 2.58 bits per heavy atom. The number of methoxy groups -OCH3 is 1. The van der Waals surface area contributed by atoms with Gasteiger partial charge in [-0.25, -0.2) is 0 Å². The zero-order valence-corrected chi connectivity index (χ0v) is 13.8. The highest BCUT2D eigenvalue weighted by Crippen LogP contribution is 2.19. The molecule has 0 spiro atoms. The molecule has 2 amide bonds. The topological polar surface area (TPSA) is 58.6 Å². The molecule has 0 aromatic heterocycles. The summed E-state index contributed by atoms with van der Waals surface area (Å²) in [5.41, 5.74) is 0.700. The third-order valence-electron chi connectivity index (χ3n) is 4.48. The third kappa shape index (κ3) is 3.57. The Labute approximate surface area is 141 Å². The Balaban J connectivity index is 1.63. The van der Waals surface area contributed by atoms with Crippen LogP contribution in [-0.4, -0.2) is 49.6 Å². The second kappa shape index (κ2) is 7.45. The molecule has 0 radical (unpaired) electrons. The van der Waals surface area contributed by atoms with Crippen LogP contribution in [0.15, 0.2) is 42.5 Å². The number of hydrogen-bond donors (Lipinski definition) is 1. The molecular formula is C19H22N2O3. The summed E-state index contributed by atoms with van der Waals surface area (Å²) >= 11 is 0. The number of nitrogens with zero attached hydrogens (tertiary/aromatic N) is 1. The lowest BCUT2D eigenvalue weighted by molar-refractivity contribution is -0.136. The first-order valence-corrected chi connectivity index (χ1v) is 8.24. The predicted molar refractivity (Wildman–Crippen MR) is 92.9 cm³/mol. The Morgan fingerprint density at radius 1 is 1.12 bits per heavy atom. The van der Waals surface area contributed by atoms with Crippen LogP contribution in [0.5, 0.6) is 0 Å². The number of hydrogen-bond acceptors (Lipinski definition) is 3. The summed E-state index contributed by atoms with van der Waals surface area (Å²) in [4.78, 5) is 26.2. The van der Waals surface area contributed by atoms with Gasteiger partial charge in [-0.2, -0.15) is 0 Å². The lowest BCUT2D eigenvalue weighted by Gasteiger charge is -2.32. The van der Waals surface area contributed by atoms with Crippen molar-refractivity contribution in [3.05, 3.63) is 48.0 Å². The fourth-order valence-electron chi connectivity index (χ4n) is 3.17. The highest BCUT2D eigenvalue weighted by molar-refractivity contribution is 6.07. The van der Waals surface area contributed by atoms with E-state index in [1.807, 2.05) is 42.5 Å². The summed E-state index contributed by atoms with van der Waals surface area (Å²) < 4.78 is 4.89. The van der Waals surface area contributed by atoms with Crippen LogP contribution in [0.25, 0.3) is 10.8 Å². The summed E-state index contributed by atoms with van der Waals surface area (Å²) in [5, 5.41) is 5.13. The van der Waals surface area contributed by atoms with Gasteiger partial charge < -0.3 is 15.0 Å². The third-order valence-corrected chi connectivity index (χ3v) is 4.48. The smallest absolute Gasteiger partial charge is 0.252 e. The van der Waals surface area contributed by atoms with Gasteiger partial charge in [-0.05, 0) is 29.7 Å².